The lowest BCUT2D eigenvalue weighted by Crippen LogP contribution is -2.16. The molecule has 0 saturated carbocycles. The molecule has 2 amide bonds. The summed E-state index contributed by atoms with van der Waals surface area (Å²) in [6.07, 6.45) is -3.06. The summed E-state index contributed by atoms with van der Waals surface area (Å²) in [6.45, 7) is 0. The number of hydrogen-bond acceptors (Lipinski definition) is 4. The number of carbonyl (C=O) groups excluding carboxylic acids is 2. The molecule has 0 aromatic rings. The second-order valence-electron chi connectivity index (χ2n) is 2.17. The van der Waals surface area contributed by atoms with Crippen molar-refractivity contribution in [2.75, 3.05) is 25.6 Å². The van der Waals surface area contributed by atoms with Crippen LogP contribution in [0, 0.1) is 0 Å². The highest BCUT2D eigenvalue weighted by molar-refractivity contribution is 8.01. The van der Waals surface area contributed by atoms with Crippen molar-refractivity contribution in [2.45, 2.75) is 0 Å². The standard InChI is InChI=1S/C6H10F2N2O2S2/c1-9(5(7)11)13-3-4-14-10(2)6(8)12/h3-4H2,1-2H3. The minimum absolute atomic E-state index is 0.411. The molecular formula is C6H10F2N2O2S2. The molecule has 4 nitrogen and oxygen atoms in total. The SMILES string of the molecule is CN(SCCSN(C)C(=O)F)C(=O)F. The lowest BCUT2D eigenvalue weighted by atomic mass is 11.0. The summed E-state index contributed by atoms with van der Waals surface area (Å²) in [7, 11) is 2.59. The van der Waals surface area contributed by atoms with Crippen LogP contribution in [-0.4, -0.2) is 46.5 Å². The zero-order valence-electron chi connectivity index (χ0n) is 7.70. The molecule has 0 saturated heterocycles. The van der Waals surface area contributed by atoms with E-state index < -0.39 is 12.3 Å². The molecule has 0 aliphatic carbocycles. The van der Waals surface area contributed by atoms with Crippen LogP contribution in [0.4, 0.5) is 18.4 Å². The van der Waals surface area contributed by atoms with E-state index >= 15 is 0 Å². The maximum Gasteiger partial charge on any atom is 0.409 e. The van der Waals surface area contributed by atoms with E-state index in [0.29, 0.717) is 11.5 Å². The number of carbonyl (C=O) groups is 2. The van der Waals surface area contributed by atoms with Gasteiger partial charge in [0.25, 0.3) is 0 Å². The fraction of sp³-hybridized carbons (Fsp3) is 0.667. The van der Waals surface area contributed by atoms with Crippen molar-refractivity contribution >= 4 is 36.2 Å². The number of halogens is 2. The molecule has 0 spiro atoms. The van der Waals surface area contributed by atoms with Gasteiger partial charge in [-0.2, -0.15) is 0 Å². The van der Waals surface area contributed by atoms with Gasteiger partial charge >= 0.3 is 12.3 Å². The van der Waals surface area contributed by atoms with E-state index in [2.05, 4.69) is 0 Å². The number of amides is 2. The number of hydrogen-bond donors (Lipinski definition) is 0. The molecule has 0 unspecified atom stereocenters. The van der Waals surface area contributed by atoms with Gasteiger partial charge in [0.1, 0.15) is 0 Å². The third-order valence-electron chi connectivity index (χ3n) is 1.15. The highest BCUT2D eigenvalue weighted by Gasteiger charge is 2.09. The fourth-order valence-electron chi connectivity index (χ4n) is 0.450. The first-order valence-corrected chi connectivity index (χ1v) is 5.46. The highest BCUT2D eigenvalue weighted by atomic mass is 32.2. The molecule has 8 heteroatoms. The Balaban J connectivity index is 3.47. The van der Waals surface area contributed by atoms with Gasteiger partial charge in [-0.05, 0) is 23.9 Å². The van der Waals surface area contributed by atoms with E-state index in [1.807, 2.05) is 0 Å². The summed E-state index contributed by atoms with van der Waals surface area (Å²) in [5.74, 6) is 0.822. The molecule has 0 rings (SSSR count). The van der Waals surface area contributed by atoms with Crippen molar-refractivity contribution in [3.63, 3.8) is 0 Å². The Morgan fingerprint density at radius 3 is 1.50 bits per heavy atom. The van der Waals surface area contributed by atoms with Crippen molar-refractivity contribution in [2.24, 2.45) is 0 Å². The van der Waals surface area contributed by atoms with Crippen molar-refractivity contribution in [3.05, 3.63) is 0 Å². The van der Waals surface area contributed by atoms with Gasteiger partial charge in [0, 0.05) is 25.6 Å². The van der Waals surface area contributed by atoms with Gasteiger partial charge in [-0.15, -0.1) is 8.78 Å². The lowest BCUT2D eigenvalue weighted by Gasteiger charge is -2.12. The molecule has 0 fully saturated rings. The van der Waals surface area contributed by atoms with Crippen LogP contribution in [0.1, 0.15) is 0 Å². The van der Waals surface area contributed by atoms with Crippen molar-refractivity contribution in [3.8, 4) is 0 Å². The second-order valence-corrected chi connectivity index (χ2v) is 4.60. The van der Waals surface area contributed by atoms with Crippen LogP contribution in [0.2, 0.25) is 0 Å². The van der Waals surface area contributed by atoms with Gasteiger partial charge in [-0.3, -0.25) is 8.61 Å². The summed E-state index contributed by atoms with van der Waals surface area (Å²) >= 11 is 1.93. The minimum atomic E-state index is -1.53. The van der Waals surface area contributed by atoms with Gasteiger partial charge in [0.15, 0.2) is 0 Å². The first-order chi connectivity index (χ1) is 6.45. The summed E-state index contributed by atoms with van der Waals surface area (Å²) in [6, 6.07) is 0. The maximum atomic E-state index is 11.9. The third-order valence-corrected chi connectivity index (χ3v) is 3.24. The summed E-state index contributed by atoms with van der Waals surface area (Å²) in [4.78, 5) is 20.2. The molecule has 0 heterocycles. The van der Waals surface area contributed by atoms with Gasteiger partial charge in [0.05, 0.1) is 0 Å². The lowest BCUT2D eigenvalue weighted by molar-refractivity contribution is 0.208. The van der Waals surface area contributed by atoms with E-state index in [1.54, 1.807) is 0 Å². The Bertz CT molecular complexity index is 196. The van der Waals surface area contributed by atoms with Crippen LogP contribution >= 0.6 is 23.9 Å². The van der Waals surface area contributed by atoms with Gasteiger partial charge in [-0.1, -0.05) is 0 Å². The summed E-state index contributed by atoms with van der Waals surface area (Å²) in [5, 5.41) is 0. The fourth-order valence-corrected chi connectivity index (χ4v) is 1.80. The molecule has 82 valence electrons. The first-order valence-electron chi connectivity index (χ1n) is 3.57. The molecular weight excluding hydrogens is 234 g/mol. The average Bonchev–Trinajstić information content (AvgIpc) is 2.11. The van der Waals surface area contributed by atoms with E-state index in [1.165, 1.54) is 14.1 Å². The second kappa shape index (κ2) is 6.88. The molecule has 14 heavy (non-hydrogen) atoms. The Morgan fingerprint density at radius 2 is 1.29 bits per heavy atom. The molecule has 0 aliphatic heterocycles. The quantitative estimate of drug-likeness (QED) is 0.322. The molecule has 0 aromatic carbocycles. The van der Waals surface area contributed by atoms with Gasteiger partial charge in [-0.25, -0.2) is 9.59 Å². The molecule has 0 atom stereocenters. The van der Waals surface area contributed by atoms with Crippen LogP contribution in [0.5, 0.6) is 0 Å². The molecule has 0 N–H and O–H groups in total. The monoisotopic (exact) mass is 244 g/mol. The summed E-state index contributed by atoms with van der Waals surface area (Å²) < 4.78 is 25.6. The molecule has 0 bridgehead atoms. The van der Waals surface area contributed by atoms with E-state index in [4.69, 9.17) is 0 Å². The molecule has 0 aromatic heterocycles. The zero-order valence-corrected chi connectivity index (χ0v) is 9.33. The van der Waals surface area contributed by atoms with Crippen LogP contribution in [0.15, 0.2) is 0 Å². The minimum Gasteiger partial charge on any atom is -0.261 e. The van der Waals surface area contributed by atoms with E-state index in [-0.39, 0.29) is 0 Å². The first kappa shape index (κ1) is 13.5. The van der Waals surface area contributed by atoms with Crippen molar-refractivity contribution in [1.29, 1.82) is 0 Å². The van der Waals surface area contributed by atoms with E-state index in [0.717, 1.165) is 32.5 Å². The van der Waals surface area contributed by atoms with Crippen LogP contribution < -0.4 is 0 Å². The van der Waals surface area contributed by atoms with Crippen LogP contribution in [-0.2, 0) is 0 Å². The third kappa shape index (κ3) is 6.03. The average molecular weight is 244 g/mol. The normalized spacial score (nSPS) is 9.71. The van der Waals surface area contributed by atoms with Gasteiger partial charge in [0.2, 0.25) is 0 Å². The smallest absolute Gasteiger partial charge is 0.261 e. The van der Waals surface area contributed by atoms with Crippen molar-refractivity contribution in [1.82, 2.24) is 8.61 Å². The Morgan fingerprint density at radius 1 is 1.00 bits per heavy atom. The van der Waals surface area contributed by atoms with Crippen LogP contribution in [0.3, 0.4) is 0 Å². The molecule has 0 radical (unpaired) electrons. The Kier molecular flexibility index (Phi) is 6.64. The van der Waals surface area contributed by atoms with Crippen LogP contribution in [0.25, 0.3) is 0 Å². The molecule has 0 aliphatic rings. The Labute approximate surface area is 89.3 Å². The largest absolute Gasteiger partial charge is 0.409 e. The van der Waals surface area contributed by atoms with Gasteiger partial charge < -0.3 is 0 Å². The predicted molar refractivity (Wildman–Crippen MR) is 53.5 cm³/mol. The van der Waals surface area contributed by atoms with E-state index in [9.17, 15) is 18.4 Å². The zero-order chi connectivity index (χ0) is 11.1. The maximum absolute atomic E-state index is 11.9. The Hall–Kier alpha value is -0.500. The topological polar surface area (TPSA) is 40.6 Å². The predicted octanol–water partition coefficient (Wildman–Crippen LogP) is 2.33. The summed E-state index contributed by atoms with van der Waals surface area (Å²) in [5.41, 5.74) is 0. The highest BCUT2D eigenvalue weighted by Crippen LogP contribution is 2.14. The van der Waals surface area contributed by atoms with Crippen molar-refractivity contribution < 1.29 is 18.4 Å². The number of rotatable bonds is 5. The number of nitrogens with zero attached hydrogens (tertiary/aromatic N) is 2.